The number of rotatable bonds is 4. The van der Waals surface area contributed by atoms with Crippen LogP contribution in [-0.2, 0) is 9.53 Å². The van der Waals surface area contributed by atoms with E-state index in [2.05, 4.69) is 17.4 Å². The zero-order valence-electron chi connectivity index (χ0n) is 5.62. The Morgan fingerprint density at radius 1 is 1.70 bits per heavy atom. The third kappa shape index (κ3) is 5.87. The molecular weight excluding hydrogens is 152 g/mol. The zero-order valence-corrected chi connectivity index (χ0v) is 6.51. The second-order valence-electron chi connectivity index (χ2n) is 1.78. The van der Waals surface area contributed by atoms with Gasteiger partial charge in [-0.3, -0.25) is 4.79 Å². The molecule has 0 aliphatic heterocycles. The van der Waals surface area contributed by atoms with E-state index in [4.69, 9.17) is 11.5 Å². The number of carbonyl (C=O) groups is 1. The predicted molar refractivity (Wildman–Crippen MR) is 41.6 cm³/mol. The summed E-state index contributed by atoms with van der Waals surface area (Å²) in [5.41, 5.74) is 10.3. The van der Waals surface area contributed by atoms with Gasteiger partial charge in [0.25, 0.3) is 0 Å². The minimum Gasteiger partial charge on any atom is -0.464 e. The molecule has 4 N–H and O–H groups in total. The summed E-state index contributed by atoms with van der Waals surface area (Å²) in [4.78, 5) is 10.6. The quantitative estimate of drug-likeness (QED) is 0.286. The molecule has 10 heavy (non-hydrogen) atoms. The number of hydrogen-bond donors (Lipinski definition) is 3. The van der Waals surface area contributed by atoms with E-state index in [0.29, 0.717) is 6.54 Å². The molecule has 0 bridgehead atoms. The highest BCUT2D eigenvalue weighted by Crippen LogP contribution is 1.94. The van der Waals surface area contributed by atoms with Gasteiger partial charge in [-0.2, -0.15) is 12.6 Å². The van der Waals surface area contributed by atoms with E-state index < -0.39 is 5.37 Å². The van der Waals surface area contributed by atoms with Crippen LogP contribution in [0.5, 0.6) is 0 Å². The molecule has 0 saturated heterocycles. The highest BCUT2D eigenvalue weighted by Gasteiger charge is 2.04. The van der Waals surface area contributed by atoms with Crippen molar-refractivity contribution in [3.8, 4) is 0 Å². The summed E-state index contributed by atoms with van der Waals surface area (Å²) in [6.07, 6.45) is 0.128. The second kappa shape index (κ2) is 5.52. The van der Waals surface area contributed by atoms with Crippen LogP contribution in [0.25, 0.3) is 0 Å². The molecule has 60 valence electrons. The molecule has 0 aliphatic carbocycles. The summed E-state index contributed by atoms with van der Waals surface area (Å²) < 4.78 is 4.61. The topological polar surface area (TPSA) is 78.3 Å². The molecule has 0 fully saturated rings. The van der Waals surface area contributed by atoms with Crippen LogP contribution >= 0.6 is 12.6 Å². The smallest absolute Gasteiger partial charge is 0.308 e. The molecule has 1 atom stereocenters. The Morgan fingerprint density at radius 2 is 2.30 bits per heavy atom. The molecule has 0 amide bonds. The van der Waals surface area contributed by atoms with E-state index in [1.165, 1.54) is 0 Å². The lowest BCUT2D eigenvalue weighted by Crippen LogP contribution is -2.21. The molecule has 0 rings (SSSR count). The lowest BCUT2D eigenvalue weighted by Gasteiger charge is -2.03. The molecule has 4 nitrogen and oxygen atoms in total. The third-order valence-electron chi connectivity index (χ3n) is 0.757. The summed E-state index contributed by atoms with van der Waals surface area (Å²) >= 11 is 3.81. The van der Waals surface area contributed by atoms with Gasteiger partial charge in [0.15, 0.2) is 0 Å². The Bertz CT molecular complexity index is 108. The van der Waals surface area contributed by atoms with Gasteiger partial charge in [0.1, 0.15) is 6.61 Å². The fourth-order valence-electron chi connectivity index (χ4n) is 0.402. The summed E-state index contributed by atoms with van der Waals surface area (Å²) in [5, 5.41) is -0.440. The minimum atomic E-state index is -0.440. The fourth-order valence-corrected chi connectivity index (χ4v) is 0.552. The van der Waals surface area contributed by atoms with Crippen molar-refractivity contribution in [1.82, 2.24) is 0 Å². The first-order chi connectivity index (χ1) is 4.66. The van der Waals surface area contributed by atoms with Gasteiger partial charge in [-0.05, 0) is 0 Å². The van der Waals surface area contributed by atoms with Crippen LogP contribution in [0.2, 0.25) is 0 Å². The summed E-state index contributed by atoms with van der Waals surface area (Å²) in [6.45, 7) is 0.590. The van der Waals surface area contributed by atoms with E-state index in [1.54, 1.807) is 0 Å². The van der Waals surface area contributed by atoms with Gasteiger partial charge in [0, 0.05) is 6.54 Å². The lowest BCUT2D eigenvalue weighted by molar-refractivity contribution is -0.143. The van der Waals surface area contributed by atoms with Crippen LogP contribution < -0.4 is 11.5 Å². The molecule has 0 aromatic rings. The lowest BCUT2D eigenvalue weighted by atomic mass is 10.4. The van der Waals surface area contributed by atoms with Gasteiger partial charge < -0.3 is 16.2 Å². The van der Waals surface area contributed by atoms with Crippen LogP contribution in [0.15, 0.2) is 0 Å². The molecule has 1 unspecified atom stereocenters. The van der Waals surface area contributed by atoms with Gasteiger partial charge in [0.2, 0.25) is 0 Å². The predicted octanol–water partition coefficient (Wildman–Crippen LogP) is -0.907. The van der Waals surface area contributed by atoms with Crippen molar-refractivity contribution in [3.05, 3.63) is 0 Å². The van der Waals surface area contributed by atoms with Crippen molar-refractivity contribution < 1.29 is 9.53 Å². The van der Waals surface area contributed by atoms with Crippen molar-refractivity contribution in [2.75, 3.05) is 13.2 Å². The normalized spacial score (nSPS) is 12.7. The molecule has 0 heterocycles. The van der Waals surface area contributed by atoms with Gasteiger partial charge >= 0.3 is 5.97 Å². The van der Waals surface area contributed by atoms with E-state index in [1.807, 2.05) is 0 Å². The maximum atomic E-state index is 10.6. The molecule has 0 aromatic carbocycles. The molecule has 0 saturated carbocycles. The Kier molecular flexibility index (Phi) is 5.38. The average molecular weight is 164 g/mol. The highest BCUT2D eigenvalue weighted by atomic mass is 32.1. The van der Waals surface area contributed by atoms with Crippen molar-refractivity contribution >= 4 is 18.6 Å². The fraction of sp³-hybridized carbons (Fsp3) is 0.800. The monoisotopic (exact) mass is 164 g/mol. The van der Waals surface area contributed by atoms with Crippen molar-refractivity contribution in [3.63, 3.8) is 0 Å². The van der Waals surface area contributed by atoms with Gasteiger partial charge in [-0.15, -0.1) is 0 Å². The number of nitrogens with two attached hydrogens (primary N) is 2. The van der Waals surface area contributed by atoms with Gasteiger partial charge in [-0.1, -0.05) is 0 Å². The van der Waals surface area contributed by atoms with E-state index in [9.17, 15) is 4.79 Å². The molecule has 0 spiro atoms. The maximum absolute atomic E-state index is 10.6. The van der Waals surface area contributed by atoms with Gasteiger partial charge in [0.05, 0.1) is 11.8 Å². The minimum absolute atomic E-state index is 0.128. The highest BCUT2D eigenvalue weighted by molar-refractivity contribution is 7.80. The average Bonchev–Trinajstić information content (AvgIpc) is 1.82. The Labute approximate surface area is 65.3 Å². The SMILES string of the molecule is NCCOC(=O)CC(N)S. The van der Waals surface area contributed by atoms with Crippen LogP contribution in [0.3, 0.4) is 0 Å². The standard InChI is InChI=1S/C5H12N2O2S/c6-1-2-9-5(8)3-4(7)10/h4,10H,1-3,6-7H2. The Balaban J connectivity index is 3.26. The number of hydrogen-bond acceptors (Lipinski definition) is 5. The Morgan fingerprint density at radius 3 is 2.70 bits per heavy atom. The van der Waals surface area contributed by atoms with E-state index in [0.717, 1.165) is 0 Å². The van der Waals surface area contributed by atoms with Crippen molar-refractivity contribution in [1.29, 1.82) is 0 Å². The molecule has 0 aliphatic rings. The first kappa shape index (κ1) is 9.74. The van der Waals surface area contributed by atoms with Crippen LogP contribution in [0.4, 0.5) is 0 Å². The third-order valence-corrected chi connectivity index (χ3v) is 0.939. The molecule has 5 heteroatoms. The van der Waals surface area contributed by atoms with Crippen molar-refractivity contribution in [2.45, 2.75) is 11.8 Å². The number of esters is 1. The molecular formula is C5H12N2O2S. The number of carbonyl (C=O) groups excluding carboxylic acids is 1. The molecule has 0 radical (unpaired) electrons. The summed E-state index contributed by atoms with van der Waals surface area (Å²) in [6, 6.07) is 0. The zero-order chi connectivity index (χ0) is 7.98. The van der Waals surface area contributed by atoms with Crippen LogP contribution in [0, 0.1) is 0 Å². The number of thiol groups is 1. The summed E-state index contributed by atoms with van der Waals surface area (Å²) in [5.74, 6) is -0.354. The maximum Gasteiger partial charge on any atom is 0.308 e. The number of ether oxygens (including phenoxy) is 1. The molecule has 0 aromatic heterocycles. The van der Waals surface area contributed by atoms with Crippen LogP contribution in [0.1, 0.15) is 6.42 Å². The first-order valence-electron chi connectivity index (χ1n) is 2.96. The first-order valence-corrected chi connectivity index (χ1v) is 3.47. The Hall–Kier alpha value is -0.260. The van der Waals surface area contributed by atoms with Crippen molar-refractivity contribution in [2.24, 2.45) is 11.5 Å². The van der Waals surface area contributed by atoms with E-state index >= 15 is 0 Å². The van der Waals surface area contributed by atoms with Crippen LogP contribution in [-0.4, -0.2) is 24.5 Å². The second-order valence-corrected chi connectivity index (χ2v) is 2.44. The largest absolute Gasteiger partial charge is 0.464 e. The van der Waals surface area contributed by atoms with E-state index in [-0.39, 0.29) is 19.0 Å². The summed E-state index contributed by atoms with van der Waals surface area (Å²) in [7, 11) is 0. The van der Waals surface area contributed by atoms with Gasteiger partial charge in [-0.25, -0.2) is 0 Å².